The molecule has 9 heteroatoms. The summed E-state index contributed by atoms with van der Waals surface area (Å²) in [5.74, 6) is -0.403. The number of nitro benzene ring substituents is 1. The zero-order valence-corrected chi connectivity index (χ0v) is 13.6. The number of hydrogen-bond donors (Lipinski definition) is 3. The predicted octanol–water partition coefficient (Wildman–Crippen LogP) is 1.05. The molecule has 1 fully saturated rings. The minimum atomic E-state index is -0.493. The lowest BCUT2D eigenvalue weighted by Crippen LogP contribution is -2.34. The largest absolute Gasteiger partial charge is 0.391 e. The maximum atomic E-state index is 12.0. The van der Waals surface area contributed by atoms with Gasteiger partial charge in [-0.05, 0) is 18.4 Å². The smallest absolute Gasteiger partial charge is 0.283 e. The van der Waals surface area contributed by atoms with Crippen LogP contribution in [-0.2, 0) is 0 Å². The van der Waals surface area contributed by atoms with Crippen LogP contribution in [0.15, 0.2) is 23.1 Å². The Morgan fingerprint density at radius 1 is 1.55 bits per heavy atom. The van der Waals surface area contributed by atoms with Gasteiger partial charge in [0.2, 0.25) is 0 Å². The van der Waals surface area contributed by atoms with Crippen molar-refractivity contribution in [1.29, 1.82) is 0 Å². The second-order valence-corrected chi connectivity index (χ2v) is 5.69. The number of benzene rings is 1. The topological polar surface area (TPSA) is 104 Å². The van der Waals surface area contributed by atoms with E-state index in [9.17, 15) is 20.0 Å². The molecule has 0 bridgehead atoms. The van der Waals surface area contributed by atoms with Crippen molar-refractivity contribution in [2.24, 2.45) is 5.92 Å². The molecule has 1 aliphatic rings. The van der Waals surface area contributed by atoms with Gasteiger partial charge in [-0.2, -0.15) is 0 Å². The van der Waals surface area contributed by atoms with E-state index in [4.69, 9.17) is 0 Å². The fourth-order valence-corrected chi connectivity index (χ4v) is 2.77. The van der Waals surface area contributed by atoms with Gasteiger partial charge in [-0.3, -0.25) is 14.9 Å². The molecule has 3 N–H and O–H groups in total. The Bertz CT molecular complexity index is 558. The first kappa shape index (κ1) is 18.7. The van der Waals surface area contributed by atoms with Crippen LogP contribution in [-0.4, -0.2) is 47.9 Å². The van der Waals surface area contributed by atoms with Crippen LogP contribution in [0.25, 0.3) is 0 Å². The third-order valence-corrected chi connectivity index (χ3v) is 4.25. The zero-order valence-electron chi connectivity index (χ0n) is 11.9. The normalized spacial score (nSPS) is 20.3. The minimum Gasteiger partial charge on any atom is -0.391 e. The number of β-amino-alcohol motifs (C(OH)–C–C–N with tert-alkyl or cyclic N) is 1. The number of nitro groups is 1. The molecule has 2 atom stereocenters. The Labute approximate surface area is 138 Å². The van der Waals surface area contributed by atoms with Crippen molar-refractivity contribution in [2.75, 3.05) is 25.9 Å². The van der Waals surface area contributed by atoms with Crippen LogP contribution >= 0.6 is 24.2 Å². The molecule has 1 heterocycles. The molecular formula is C13H18ClN3O4S. The highest BCUT2D eigenvalue weighted by atomic mass is 35.5. The van der Waals surface area contributed by atoms with Crippen molar-refractivity contribution in [1.82, 2.24) is 10.6 Å². The second kappa shape index (κ2) is 8.33. The molecule has 0 aliphatic carbocycles. The van der Waals surface area contributed by atoms with E-state index in [1.807, 2.05) is 0 Å². The van der Waals surface area contributed by atoms with Crippen LogP contribution in [0, 0.1) is 16.0 Å². The summed E-state index contributed by atoms with van der Waals surface area (Å²) >= 11 is 1.26. The van der Waals surface area contributed by atoms with E-state index < -0.39 is 11.0 Å². The summed E-state index contributed by atoms with van der Waals surface area (Å²) in [6.45, 7) is 1.51. The first-order chi connectivity index (χ1) is 10.0. The van der Waals surface area contributed by atoms with Crippen LogP contribution in [0.3, 0.4) is 0 Å². The zero-order chi connectivity index (χ0) is 15.4. The van der Waals surface area contributed by atoms with Crippen LogP contribution < -0.4 is 10.6 Å². The Morgan fingerprint density at radius 2 is 2.27 bits per heavy atom. The number of aliphatic hydroxyl groups excluding tert-OH is 1. The van der Waals surface area contributed by atoms with Gasteiger partial charge in [-0.1, -0.05) is 0 Å². The van der Waals surface area contributed by atoms with Crippen LogP contribution in [0.4, 0.5) is 5.69 Å². The summed E-state index contributed by atoms with van der Waals surface area (Å²) in [6.07, 6.45) is 1.27. The van der Waals surface area contributed by atoms with Crippen molar-refractivity contribution in [3.8, 4) is 0 Å². The first-order valence-electron chi connectivity index (χ1n) is 6.52. The number of nitrogens with zero attached hydrogens (tertiary/aromatic N) is 1. The molecule has 1 amide bonds. The number of aliphatic hydroxyl groups is 1. The van der Waals surface area contributed by atoms with Crippen molar-refractivity contribution < 1.29 is 14.8 Å². The average molecular weight is 348 g/mol. The number of amides is 1. The van der Waals surface area contributed by atoms with E-state index in [-0.39, 0.29) is 35.5 Å². The lowest BCUT2D eigenvalue weighted by Gasteiger charge is -2.14. The Hall–Kier alpha value is -1.35. The van der Waals surface area contributed by atoms with E-state index in [0.29, 0.717) is 24.5 Å². The molecule has 0 spiro atoms. The summed E-state index contributed by atoms with van der Waals surface area (Å²) in [4.78, 5) is 23.1. The van der Waals surface area contributed by atoms with E-state index in [1.165, 1.54) is 17.8 Å². The molecular weight excluding hydrogens is 330 g/mol. The first-order valence-corrected chi connectivity index (χ1v) is 7.74. The molecule has 1 aliphatic heterocycles. The molecule has 122 valence electrons. The molecule has 1 aromatic carbocycles. The minimum absolute atomic E-state index is 0. The van der Waals surface area contributed by atoms with E-state index in [1.54, 1.807) is 18.4 Å². The van der Waals surface area contributed by atoms with Crippen LogP contribution in [0.5, 0.6) is 0 Å². The number of rotatable bonds is 5. The van der Waals surface area contributed by atoms with Gasteiger partial charge in [0.1, 0.15) is 0 Å². The van der Waals surface area contributed by atoms with Gasteiger partial charge in [0.05, 0.1) is 15.9 Å². The molecule has 2 rings (SSSR count). The number of thioether (sulfide) groups is 1. The van der Waals surface area contributed by atoms with Crippen LogP contribution in [0.1, 0.15) is 10.4 Å². The average Bonchev–Trinajstić information content (AvgIpc) is 2.89. The number of hydrogen-bond acceptors (Lipinski definition) is 6. The maximum Gasteiger partial charge on any atom is 0.283 e. The highest BCUT2D eigenvalue weighted by molar-refractivity contribution is 7.98. The third-order valence-electron chi connectivity index (χ3n) is 3.47. The van der Waals surface area contributed by atoms with Crippen molar-refractivity contribution in [3.63, 3.8) is 0 Å². The predicted molar refractivity (Wildman–Crippen MR) is 86.8 cm³/mol. The van der Waals surface area contributed by atoms with Gasteiger partial charge in [-0.15, -0.1) is 24.2 Å². The van der Waals surface area contributed by atoms with Gasteiger partial charge in [0.25, 0.3) is 11.6 Å². The van der Waals surface area contributed by atoms with Crippen molar-refractivity contribution in [2.45, 2.75) is 11.0 Å². The van der Waals surface area contributed by atoms with Gasteiger partial charge in [0.15, 0.2) is 0 Å². The highest BCUT2D eigenvalue weighted by Crippen LogP contribution is 2.28. The number of carbonyl (C=O) groups is 1. The summed E-state index contributed by atoms with van der Waals surface area (Å²) in [6, 6.07) is 4.42. The van der Waals surface area contributed by atoms with E-state index in [2.05, 4.69) is 10.6 Å². The molecule has 22 heavy (non-hydrogen) atoms. The molecule has 2 unspecified atom stereocenters. The molecule has 0 aromatic heterocycles. The Morgan fingerprint density at radius 3 is 2.82 bits per heavy atom. The molecule has 1 saturated heterocycles. The molecule has 1 aromatic rings. The summed E-state index contributed by atoms with van der Waals surface area (Å²) < 4.78 is 0. The van der Waals surface area contributed by atoms with Gasteiger partial charge >= 0.3 is 0 Å². The number of nitrogens with one attached hydrogen (secondary N) is 2. The van der Waals surface area contributed by atoms with E-state index >= 15 is 0 Å². The quantitative estimate of drug-likeness (QED) is 0.418. The molecule has 7 nitrogen and oxygen atoms in total. The summed E-state index contributed by atoms with van der Waals surface area (Å²) in [7, 11) is 0. The highest BCUT2D eigenvalue weighted by Gasteiger charge is 2.25. The van der Waals surface area contributed by atoms with Crippen molar-refractivity contribution in [3.05, 3.63) is 33.9 Å². The third kappa shape index (κ3) is 4.33. The Balaban J connectivity index is 0.00000242. The van der Waals surface area contributed by atoms with Gasteiger partial charge < -0.3 is 15.7 Å². The lowest BCUT2D eigenvalue weighted by molar-refractivity contribution is -0.387. The fourth-order valence-electron chi connectivity index (χ4n) is 2.23. The van der Waals surface area contributed by atoms with Gasteiger partial charge in [0, 0.05) is 37.2 Å². The van der Waals surface area contributed by atoms with Crippen molar-refractivity contribution >= 4 is 35.8 Å². The SMILES string of the molecule is CSc1ccc(C(=O)NCC2CNCC2O)cc1[N+](=O)[O-].Cl. The van der Waals surface area contributed by atoms with E-state index in [0.717, 1.165) is 0 Å². The standard InChI is InChI=1S/C13H17N3O4S.ClH/c1-21-12-3-2-8(4-10(12)16(19)20)13(18)15-6-9-5-14-7-11(9)17;/h2-4,9,11,14,17H,5-7H2,1H3,(H,15,18);1H. The number of halogens is 1. The second-order valence-electron chi connectivity index (χ2n) is 4.84. The fraction of sp³-hybridized carbons (Fsp3) is 0.462. The number of carbonyl (C=O) groups excluding carboxylic acids is 1. The molecule has 0 radical (unpaired) electrons. The Kier molecular flexibility index (Phi) is 7.08. The molecule has 0 saturated carbocycles. The summed E-state index contributed by atoms with van der Waals surface area (Å²) in [5.41, 5.74) is 0.178. The van der Waals surface area contributed by atoms with Gasteiger partial charge in [-0.25, -0.2) is 0 Å². The van der Waals surface area contributed by atoms with Crippen LogP contribution in [0.2, 0.25) is 0 Å². The monoisotopic (exact) mass is 347 g/mol. The summed E-state index contributed by atoms with van der Waals surface area (Å²) in [5, 5.41) is 26.4. The maximum absolute atomic E-state index is 12.0. The lowest BCUT2D eigenvalue weighted by atomic mass is 10.1.